The molecule has 1 amide bonds. The van der Waals surface area contributed by atoms with E-state index in [2.05, 4.69) is 47.9 Å². The molecule has 0 spiro atoms. The van der Waals surface area contributed by atoms with Crippen LogP contribution in [0.5, 0.6) is 0 Å². The van der Waals surface area contributed by atoms with Gasteiger partial charge in [-0.3, -0.25) is 10.1 Å². The molecule has 0 bridgehead atoms. The lowest BCUT2D eigenvalue weighted by atomic mass is 9.98. The summed E-state index contributed by atoms with van der Waals surface area (Å²) in [5.74, 6) is -0.392. The van der Waals surface area contributed by atoms with E-state index in [4.69, 9.17) is 0 Å². The Bertz CT molecular complexity index is 1200. The zero-order valence-electron chi connectivity index (χ0n) is 17.0. The third-order valence-electron chi connectivity index (χ3n) is 4.96. The summed E-state index contributed by atoms with van der Waals surface area (Å²) in [6.45, 7) is 6.16. The van der Waals surface area contributed by atoms with Gasteiger partial charge in [0.2, 0.25) is 10.0 Å². The van der Waals surface area contributed by atoms with Crippen molar-refractivity contribution < 1.29 is 13.2 Å². The predicted molar refractivity (Wildman–Crippen MR) is 119 cm³/mol. The number of sulfonamides is 1. The molecule has 8 heteroatoms. The number of benzene rings is 2. The lowest BCUT2D eigenvalue weighted by Gasteiger charge is -2.09. The minimum atomic E-state index is -3.61. The molecule has 2 N–H and O–H groups in total. The van der Waals surface area contributed by atoms with Gasteiger partial charge in [0.05, 0.1) is 10.6 Å². The first-order valence-electron chi connectivity index (χ1n) is 9.70. The van der Waals surface area contributed by atoms with Crippen LogP contribution in [-0.4, -0.2) is 25.4 Å². The van der Waals surface area contributed by atoms with Crippen molar-refractivity contribution in [3.63, 3.8) is 0 Å². The fourth-order valence-corrected chi connectivity index (χ4v) is 5.54. The highest BCUT2D eigenvalue weighted by Gasteiger charge is 2.28. The van der Waals surface area contributed by atoms with Crippen LogP contribution >= 0.6 is 11.3 Å². The number of nitrogens with one attached hydrogen (secondary N) is 2. The average Bonchev–Trinajstić information content (AvgIpc) is 3.36. The summed E-state index contributed by atoms with van der Waals surface area (Å²) in [5.41, 5.74) is 5.62. The van der Waals surface area contributed by atoms with E-state index < -0.39 is 15.9 Å². The van der Waals surface area contributed by atoms with Crippen LogP contribution in [0, 0.1) is 20.8 Å². The highest BCUT2D eigenvalue weighted by molar-refractivity contribution is 7.89. The molecule has 1 aliphatic rings. The molecule has 0 atom stereocenters. The molecule has 6 nitrogen and oxygen atoms in total. The van der Waals surface area contributed by atoms with E-state index in [1.54, 1.807) is 12.1 Å². The topological polar surface area (TPSA) is 88.2 Å². The van der Waals surface area contributed by atoms with Crippen LogP contribution < -0.4 is 10.0 Å². The summed E-state index contributed by atoms with van der Waals surface area (Å²) in [5, 5.41) is 5.17. The van der Waals surface area contributed by atoms with Crippen LogP contribution in [0.4, 0.5) is 5.13 Å². The van der Waals surface area contributed by atoms with Gasteiger partial charge < -0.3 is 0 Å². The molecule has 4 rings (SSSR count). The van der Waals surface area contributed by atoms with Gasteiger partial charge in [0, 0.05) is 22.5 Å². The van der Waals surface area contributed by atoms with Crippen LogP contribution in [0.2, 0.25) is 0 Å². The van der Waals surface area contributed by atoms with Crippen LogP contribution in [-0.2, 0) is 10.0 Å². The number of nitrogens with zero attached hydrogens (tertiary/aromatic N) is 1. The second-order valence-electron chi connectivity index (χ2n) is 7.69. The van der Waals surface area contributed by atoms with E-state index in [0.717, 1.165) is 35.2 Å². The number of hydrogen-bond acceptors (Lipinski definition) is 5. The summed E-state index contributed by atoms with van der Waals surface area (Å²) < 4.78 is 27.4. The molecule has 0 aliphatic heterocycles. The fourth-order valence-electron chi connectivity index (χ4n) is 3.49. The number of amides is 1. The largest absolute Gasteiger partial charge is 0.298 e. The van der Waals surface area contributed by atoms with Crippen LogP contribution in [0.3, 0.4) is 0 Å². The highest BCUT2D eigenvalue weighted by atomic mass is 32.2. The van der Waals surface area contributed by atoms with Crippen molar-refractivity contribution >= 4 is 32.4 Å². The van der Waals surface area contributed by atoms with E-state index in [1.165, 1.54) is 29.0 Å². The third kappa shape index (κ3) is 4.45. The Hall–Kier alpha value is -2.55. The Labute approximate surface area is 180 Å². The zero-order chi connectivity index (χ0) is 21.5. The van der Waals surface area contributed by atoms with Crippen molar-refractivity contribution in [1.82, 2.24) is 9.71 Å². The molecule has 0 saturated heterocycles. The second kappa shape index (κ2) is 7.94. The highest BCUT2D eigenvalue weighted by Crippen LogP contribution is 2.31. The fraction of sp³-hybridized carbons (Fsp3) is 0.273. The van der Waals surface area contributed by atoms with Crippen molar-refractivity contribution in [2.45, 2.75) is 44.6 Å². The normalized spacial score (nSPS) is 14.0. The average molecular weight is 442 g/mol. The van der Waals surface area contributed by atoms with Crippen molar-refractivity contribution in [3.8, 4) is 11.3 Å². The van der Waals surface area contributed by atoms with Crippen LogP contribution in [0.25, 0.3) is 11.3 Å². The molecule has 156 valence electrons. The first-order chi connectivity index (χ1) is 14.2. The predicted octanol–water partition coefficient (Wildman–Crippen LogP) is 4.43. The Balaban J connectivity index is 1.54. The molecule has 30 heavy (non-hydrogen) atoms. The molecule has 1 aliphatic carbocycles. The molecule has 0 unspecified atom stereocenters. The maximum Gasteiger partial charge on any atom is 0.257 e. The molecule has 2 aromatic carbocycles. The van der Waals surface area contributed by atoms with Gasteiger partial charge in [0.1, 0.15) is 0 Å². The summed E-state index contributed by atoms with van der Waals surface area (Å²) in [6, 6.07) is 10.3. The van der Waals surface area contributed by atoms with Gasteiger partial charge in [0.25, 0.3) is 5.91 Å². The first-order valence-corrected chi connectivity index (χ1v) is 12.1. The second-order valence-corrected chi connectivity index (χ2v) is 10.3. The molecule has 0 radical (unpaired) electrons. The third-order valence-corrected chi connectivity index (χ3v) is 7.24. The quantitative estimate of drug-likeness (QED) is 0.592. The van der Waals surface area contributed by atoms with Gasteiger partial charge in [-0.15, -0.1) is 11.3 Å². The van der Waals surface area contributed by atoms with Crippen molar-refractivity contribution in [1.29, 1.82) is 0 Å². The number of carbonyl (C=O) groups is 1. The minimum Gasteiger partial charge on any atom is -0.298 e. The molecule has 1 fully saturated rings. The maximum atomic E-state index is 12.7. The summed E-state index contributed by atoms with van der Waals surface area (Å²) >= 11 is 1.34. The van der Waals surface area contributed by atoms with E-state index in [0.29, 0.717) is 5.13 Å². The zero-order valence-corrected chi connectivity index (χ0v) is 18.7. The molecular weight excluding hydrogens is 418 g/mol. The Morgan fingerprint density at radius 2 is 1.80 bits per heavy atom. The van der Waals surface area contributed by atoms with Crippen LogP contribution in [0.15, 0.2) is 46.7 Å². The van der Waals surface area contributed by atoms with E-state index >= 15 is 0 Å². The molecular formula is C22H23N3O3S2. The van der Waals surface area contributed by atoms with Crippen molar-refractivity contribution in [2.24, 2.45) is 0 Å². The van der Waals surface area contributed by atoms with Crippen molar-refractivity contribution in [2.75, 3.05) is 5.32 Å². The van der Waals surface area contributed by atoms with Gasteiger partial charge in [-0.05, 0) is 62.9 Å². The molecule has 3 aromatic rings. The van der Waals surface area contributed by atoms with E-state index in [9.17, 15) is 13.2 Å². The number of thiazole rings is 1. The minimum absolute atomic E-state index is 0.00918. The number of carbonyl (C=O) groups excluding carboxylic acids is 1. The van der Waals surface area contributed by atoms with Crippen LogP contribution in [0.1, 0.15) is 39.9 Å². The van der Waals surface area contributed by atoms with E-state index in [-0.39, 0.29) is 16.5 Å². The summed E-state index contributed by atoms with van der Waals surface area (Å²) in [4.78, 5) is 17.4. The smallest absolute Gasteiger partial charge is 0.257 e. The summed E-state index contributed by atoms with van der Waals surface area (Å²) in [6.07, 6.45) is 1.71. The Morgan fingerprint density at radius 1 is 1.10 bits per heavy atom. The number of aromatic nitrogens is 1. The monoisotopic (exact) mass is 441 g/mol. The van der Waals surface area contributed by atoms with E-state index in [1.807, 2.05) is 5.38 Å². The molecule has 1 heterocycles. The van der Waals surface area contributed by atoms with Gasteiger partial charge in [-0.2, -0.15) is 0 Å². The van der Waals surface area contributed by atoms with Gasteiger partial charge in [-0.1, -0.05) is 23.8 Å². The Morgan fingerprint density at radius 3 is 2.47 bits per heavy atom. The number of hydrogen-bond donors (Lipinski definition) is 2. The number of anilines is 1. The lowest BCUT2D eigenvalue weighted by Crippen LogP contribution is -2.26. The first kappa shape index (κ1) is 20.7. The Kier molecular flexibility index (Phi) is 5.48. The van der Waals surface area contributed by atoms with Crippen molar-refractivity contribution in [3.05, 3.63) is 64.0 Å². The molecule has 1 aromatic heterocycles. The molecule has 1 saturated carbocycles. The summed E-state index contributed by atoms with van der Waals surface area (Å²) in [7, 11) is -3.61. The van der Waals surface area contributed by atoms with Gasteiger partial charge in [-0.25, -0.2) is 18.1 Å². The van der Waals surface area contributed by atoms with Gasteiger partial charge in [0.15, 0.2) is 5.13 Å². The lowest BCUT2D eigenvalue weighted by molar-refractivity contribution is 0.102. The SMILES string of the molecule is Cc1cc(C)c(-c2csc(NC(=O)c3cccc(S(=O)(=O)NC4CC4)c3)n2)c(C)c1. The number of aryl methyl sites for hydroxylation is 3. The van der Waals surface area contributed by atoms with Gasteiger partial charge >= 0.3 is 0 Å². The number of rotatable bonds is 6. The standard InChI is InChI=1S/C22H23N3O3S2/c1-13-9-14(2)20(15(3)10-13)19-12-29-22(23-19)24-21(26)16-5-4-6-18(11-16)30(27,28)25-17-7-8-17/h4-6,9-12,17,25H,7-8H2,1-3H3,(H,23,24,26). The maximum absolute atomic E-state index is 12.7.